The molecule has 1 saturated carbocycles. The van der Waals surface area contributed by atoms with Crippen LogP contribution in [0.25, 0.3) is 11.0 Å². The van der Waals surface area contributed by atoms with Crippen molar-refractivity contribution in [2.45, 2.75) is 33.0 Å². The molecule has 1 aliphatic carbocycles. The molecule has 0 radical (unpaired) electrons. The van der Waals surface area contributed by atoms with E-state index in [-0.39, 0.29) is 24.5 Å². The maximum Gasteiger partial charge on any atom is 0.222 e. The summed E-state index contributed by atoms with van der Waals surface area (Å²) in [6.07, 6.45) is 0.0971. The number of halogens is 4. The number of para-hydroxylation sites is 2. The number of rotatable bonds is 0. The SMILES string of the molecule is O[C@@]12Nc3nc4ccccc4nc3N[C@@]1(O)C(Cl)(Cl)CCC2(Cl)Cl. The molecule has 2 heterocycles. The minimum Gasteiger partial charge on any atom is -0.364 e. The quantitative estimate of drug-likeness (QED) is 0.500. The highest BCUT2D eigenvalue weighted by molar-refractivity contribution is 6.52. The highest BCUT2D eigenvalue weighted by atomic mass is 35.5. The van der Waals surface area contributed by atoms with E-state index in [2.05, 4.69) is 20.6 Å². The van der Waals surface area contributed by atoms with E-state index in [1.165, 1.54) is 0 Å². The Kier molecular flexibility index (Phi) is 3.41. The van der Waals surface area contributed by atoms with Gasteiger partial charge in [0.15, 0.2) is 20.3 Å². The first kappa shape index (κ1) is 16.7. The molecule has 1 aromatic carbocycles. The summed E-state index contributed by atoms with van der Waals surface area (Å²) in [7, 11) is 0. The van der Waals surface area contributed by atoms with Crippen molar-refractivity contribution in [3.63, 3.8) is 0 Å². The predicted octanol–water partition coefficient (Wildman–Crippen LogP) is 2.99. The lowest BCUT2D eigenvalue weighted by Crippen LogP contribution is -2.81. The fourth-order valence-electron chi connectivity index (χ4n) is 3.09. The Bertz CT molecular complexity index is 780. The lowest BCUT2D eigenvalue weighted by atomic mass is 9.80. The van der Waals surface area contributed by atoms with Gasteiger partial charge >= 0.3 is 0 Å². The summed E-state index contributed by atoms with van der Waals surface area (Å²) >= 11 is 25.1. The van der Waals surface area contributed by atoms with Gasteiger partial charge in [0.1, 0.15) is 0 Å². The van der Waals surface area contributed by atoms with Crippen LogP contribution < -0.4 is 10.6 Å². The first-order valence-corrected chi connectivity index (χ1v) is 8.64. The van der Waals surface area contributed by atoms with E-state index in [4.69, 9.17) is 46.4 Å². The summed E-state index contributed by atoms with van der Waals surface area (Å²) in [5.74, 6) is 0.357. The molecule has 0 amide bonds. The van der Waals surface area contributed by atoms with Crippen molar-refractivity contribution in [1.29, 1.82) is 0 Å². The molecule has 2 atom stereocenters. The van der Waals surface area contributed by atoms with Gasteiger partial charge in [-0.15, -0.1) is 0 Å². The van der Waals surface area contributed by atoms with Crippen LogP contribution in [0.5, 0.6) is 0 Å². The fraction of sp³-hybridized carbons (Fsp3) is 0.429. The topological polar surface area (TPSA) is 90.3 Å². The Hall–Kier alpha value is -0.760. The standard InChI is InChI=1S/C14H12Cl4N4O2/c15-11(16)5-6-12(17,18)14(24)13(11,23)21-9-10(22-14)20-8-4-2-1-3-7(8)19-9/h1-4,23-24H,5-6H2,(H,19,21)(H,20,22)/t13-,14-/m1/s1. The normalized spacial score (nSPS) is 33.1. The van der Waals surface area contributed by atoms with E-state index in [1.807, 2.05) is 0 Å². The van der Waals surface area contributed by atoms with Crippen LogP contribution >= 0.6 is 46.4 Å². The second kappa shape index (κ2) is 4.90. The predicted molar refractivity (Wildman–Crippen MR) is 94.8 cm³/mol. The van der Waals surface area contributed by atoms with E-state index in [1.54, 1.807) is 24.3 Å². The molecule has 2 aromatic rings. The molecule has 0 spiro atoms. The van der Waals surface area contributed by atoms with E-state index in [0.29, 0.717) is 11.0 Å². The number of alkyl halides is 4. The van der Waals surface area contributed by atoms with Crippen molar-refractivity contribution < 1.29 is 10.2 Å². The Labute approximate surface area is 157 Å². The van der Waals surface area contributed by atoms with Crippen molar-refractivity contribution in [3.8, 4) is 0 Å². The maximum atomic E-state index is 11.1. The first-order chi connectivity index (χ1) is 11.1. The largest absolute Gasteiger partial charge is 0.364 e. The van der Waals surface area contributed by atoms with Crippen LogP contribution in [0, 0.1) is 0 Å². The monoisotopic (exact) mass is 408 g/mol. The molecule has 2 aliphatic rings. The molecule has 1 fully saturated rings. The average Bonchev–Trinajstić information content (AvgIpc) is 2.51. The van der Waals surface area contributed by atoms with Gasteiger partial charge in [-0.3, -0.25) is 0 Å². The molecule has 0 saturated heterocycles. The zero-order valence-electron chi connectivity index (χ0n) is 12.0. The summed E-state index contributed by atoms with van der Waals surface area (Å²) < 4.78 is -3.54. The molecule has 10 heteroatoms. The Balaban J connectivity index is 1.95. The minimum absolute atomic E-state index is 0.0486. The van der Waals surface area contributed by atoms with Gasteiger partial charge in [0.25, 0.3) is 0 Å². The van der Waals surface area contributed by atoms with E-state index >= 15 is 0 Å². The third kappa shape index (κ3) is 1.98. The highest BCUT2D eigenvalue weighted by Gasteiger charge is 2.75. The summed E-state index contributed by atoms with van der Waals surface area (Å²) in [5.41, 5.74) is -3.41. The van der Waals surface area contributed by atoms with Crippen molar-refractivity contribution in [2.75, 3.05) is 10.6 Å². The minimum atomic E-state index is -2.30. The van der Waals surface area contributed by atoms with Crippen LogP contribution in [-0.2, 0) is 0 Å². The highest BCUT2D eigenvalue weighted by Crippen LogP contribution is 2.59. The molecule has 128 valence electrons. The van der Waals surface area contributed by atoms with Gasteiger partial charge in [-0.05, 0) is 25.0 Å². The molecule has 0 bridgehead atoms. The lowest BCUT2D eigenvalue weighted by molar-refractivity contribution is -0.154. The number of nitrogens with one attached hydrogen (secondary N) is 2. The van der Waals surface area contributed by atoms with Crippen LogP contribution in [-0.4, -0.2) is 40.3 Å². The number of aromatic nitrogens is 2. The number of hydrogen-bond acceptors (Lipinski definition) is 6. The Morgan fingerprint density at radius 2 is 1.17 bits per heavy atom. The van der Waals surface area contributed by atoms with Gasteiger partial charge in [-0.1, -0.05) is 58.5 Å². The van der Waals surface area contributed by atoms with Gasteiger partial charge in [0.2, 0.25) is 11.4 Å². The van der Waals surface area contributed by atoms with Gasteiger partial charge in [-0.2, -0.15) is 0 Å². The number of hydrogen-bond donors (Lipinski definition) is 4. The number of nitrogens with zero attached hydrogens (tertiary/aromatic N) is 2. The molecule has 24 heavy (non-hydrogen) atoms. The molecule has 4 N–H and O–H groups in total. The van der Waals surface area contributed by atoms with Crippen LogP contribution in [0.2, 0.25) is 0 Å². The van der Waals surface area contributed by atoms with Crippen LogP contribution in [0.15, 0.2) is 24.3 Å². The van der Waals surface area contributed by atoms with Crippen LogP contribution in [0.1, 0.15) is 12.8 Å². The Morgan fingerprint density at radius 3 is 1.54 bits per heavy atom. The van der Waals surface area contributed by atoms with E-state index in [9.17, 15) is 10.2 Å². The van der Waals surface area contributed by atoms with Crippen molar-refractivity contribution in [1.82, 2.24) is 9.97 Å². The Morgan fingerprint density at radius 1 is 0.792 bits per heavy atom. The summed E-state index contributed by atoms with van der Waals surface area (Å²) in [6.45, 7) is 0. The average molecular weight is 410 g/mol. The van der Waals surface area contributed by atoms with Gasteiger partial charge in [0.05, 0.1) is 11.0 Å². The van der Waals surface area contributed by atoms with E-state index in [0.717, 1.165) is 0 Å². The fourth-order valence-corrected chi connectivity index (χ4v) is 4.20. The maximum absolute atomic E-state index is 11.1. The molecule has 1 aromatic heterocycles. The van der Waals surface area contributed by atoms with E-state index < -0.39 is 20.1 Å². The third-order valence-electron chi connectivity index (χ3n) is 4.50. The lowest BCUT2D eigenvalue weighted by Gasteiger charge is -2.59. The smallest absolute Gasteiger partial charge is 0.222 e. The summed E-state index contributed by atoms with van der Waals surface area (Å²) in [4.78, 5) is 8.77. The van der Waals surface area contributed by atoms with Crippen LogP contribution in [0.4, 0.5) is 11.6 Å². The molecule has 0 unspecified atom stereocenters. The number of anilines is 2. The van der Waals surface area contributed by atoms with Gasteiger partial charge in [0, 0.05) is 0 Å². The van der Waals surface area contributed by atoms with Crippen molar-refractivity contribution >= 4 is 69.1 Å². The summed E-state index contributed by atoms with van der Waals surface area (Å²) in [6, 6.07) is 7.14. The van der Waals surface area contributed by atoms with Crippen molar-refractivity contribution in [2.24, 2.45) is 0 Å². The molecule has 1 aliphatic heterocycles. The van der Waals surface area contributed by atoms with Gasteiger partial charge in [-0.25, -0.2) is 9.97 Å². The second-order valence-electron chi connectivity index (χ2n) is 5.99. The number of benzene rings is 1. The molecule has 4 rings (SSSR count). The third-order valence-corrected chi connectivity index (χ3v) is 6.35. The molecular weight excluding hydrogens is 398 g/mol. The number of aliphatic hydroxyl groups is 2. The zero-order chi connectivity index (χ0) is 17.4. The van der Waals surface area contributed by atoms with Crippen LogP contribution in [0.3, 0.4) is 0 Å². The zero-order valence-corrected chi connectivity index (χ0v) is 15.0. The van der Waals surface area contributed by atoms with Crippen molar-refractivity contribution in [3.05, 3.63) is 24.3 Å². The molecule has 6 nitrogen and oxygen atoms in total. The number of fused-ring (bicyclic) bond motifs is 3. The summed E-state index contributed by atoms with van der Waals surface area (Å²) in [5, 5.41) is 27.6. The first-order valence-electron chi connectivity index (χ1n) is 7.13. The molecular formula is C14H12Cl4N4O2. The second-order valence-corrected chi connectivity index (χ2v) is 8.96. The van der Waals surface area contributed by atoms with Gasteiger partial charge < -0.3 is 20.8 Å².